The number of benzene rings is 7. The molecule has 5 aromatic heterocycles. The SMILES string of the molecule is CCCCC(/C=C/c1sc2ccc(S(=O)c3cccs3)cc2[n+]1C)=C\C=C1/Sc2ccc(S(=O)c3cccs3)cc2N1C.CCN1C(=CC2=C(C)C(=Cc3sc4cc(S(=O)CC)ccc4[n+]3CC)CCC2)Sc2ccc(-c3ccccc3)cc21.CCN1C(=CC2=CC(=Cc3sc4cc(S(=O)CC)ccc4[n+]3CC)CC(C)(C)C2)Sc2ccc(C)cc21. The Morgan fingerprint density at radius 2 is 1.11 bits per heavy atom. The second kappa shape index (κ2) is 39.7. The zero-order valence-corrected chi connectivity index (χ0v) is 80.9. The zero-order valence-electron chi connectivity index (χ0n) is 71.1. The predicted octanol–water partition coefficient (Wildman–Crippen LogP) is 27.0. The van der Waals surface area contributed by atoms with Gasteiger partial charge in [-0.25, -0.2) is 8.42 Å². The molecule has 17 rings (SSSR count). The second-order valence-corrected chi connectivity index (χ2v) is 46.4. The monoisotopic (exact) mass is 1830 g/mol. The van der Waals surface area contributed by atoms with Crippen LogP contribution < -0.4 is 28.4 Å². The van der Waals surface area contributed by atoms with E-state index in [4.69, 9.17) is 0 Å². The molecule has 0 N–H and O–H groups in total. The van der Waals surface area contributed by atoms with Gasteiger partial charge in [0.1, 0.15) is 34.2 Å². The Hall–Kier alpha value is -7.68. The van der Waals surface area contributed by atoms with Crippen molar-refractivity contribution < 1.29 is 30.5 Å². The van der Waals surface area contributed by atoms with Gasteiger partial charge in [-0.15, -0.1) is 22.7 Å². The summed E-state index contributed by atoms with van der Waals surface area (Å²) in [5, 5.41) is 11.4. The lowest BCUT2D eigenvalue weighted by Crippen LogP contribution is -2.33. The number of nitrogens with zero attached hydrogens (tertiary/aromatic N) is 6. The van der Waals surface area contributed by atoms with Gasteiger partial charge in [-0.3, -0.25) is 8.42 Å². The molecule has 10 nitrogen and oxygen atoms in total. The van der Waals surface area contributed by atoms with Crippen LogP contribution in [0.4, 0.5) is 17.1 Å². The molecule has 22 heteroatoms. The minimum Gasteiger partial charge on any atom is -0.338 e. The van der Waals surface area contributed by atoms with Crippen LogP contribution in [0, 0.1) is 12.3 Å². The average molecular weight is 1830 g/mol. The number of thioether (sulfide) groups is 3. The highest BCUT2D eigenvalue weighted by molar-refractivity contribution is 8.04. The van der Waals surface area contributed by atoms with Crippen LogP contribution in [0.5, 0.6) is 0 Å². The Morgan fingerprint density at radius 3 is 1.73 bits per heavy atom. The summed E-state index contributed by atoms with van der Waals surface area (Å²) in [7, 11) is -0.0317. The topological polar surface area (TPSA) is 89.6 Å². The zero-order chi connectivity index (χ0) is 84.8. The molecule has 0 amide bonds. The van der Waals surface area contributed by atoms with E-state index < -0.39 is 43.2 Å². The molecule has 4 atom stereocenters. The van der Waals surface area contributed by atoms with E-state index in [0.717, 1.165) is 120 Å². The normalized spacial score (nSPS) is 18.0. The van der Waals surface area contributed by atoms with Crippen molar-refractivity contribution in [2.24, 2.45) is 12.5 Å². The number of aryl methyl sites for hydroxylation is 4. The van der Waals surface area contributed by atoms with E-state index in [1.807, 2.05) is 119 Å². The third kappa shape index (κ3) is 19.9. The highest BCUT2D eigenvalue weighted by atomic mass is 32.2. The molecule has 0 saturated heterocycles. The van der Waals surface area contributed by atoms with Crippen LogP contribution in [-0.4, -0.2) is 48.5 Å². The first kappa shape index (κ1) is 88.2. The molecule has 12 aromatic rings. The number of allylic oxidation sites excluding steroid dienone is 12. The molecule has 3 aliphatic heterocycles. The Morgan fingerprint density at radius 1 is 0.529 bits per heavy atom. The summed E-state index contributed by atoms with van der Waals surface area (Å²) in [5.74, 6) is 1.30. The fourth-order valence-corrected chi connectivity index (χ4v) is 29.0. The second-order valence-electron chi connectivity index (χ2n) is 31.2. The summed E-state index contributed by atoms with van der Waals surface area (Å²) in [5.41, 5.74) is 19.7. The van der Waals surface area contributed by atoms with Crippen LogP contribution in [0.3, 0.4) is 0 Å². The number of hydrogen-bond acceptors (Lipinski definition) is 15. The van der Waals surface area contributed by atoms with Crippen LogP contribution >= 0.6 is 92.0 Å². The minimum atomic E-state index is -1.16. The largest absolute Gasteiger partial charge is 0.338 e. The van der Waals surface area contributed by atoms with Crippen LogP contribution in [0.25, 0.3) is 60.0 Å². The standard InChI is InChI=1S/C35H37N2OS3.C33H31N2O2S6.C31H37N2OS3/c1-5-36-30-18-17-29(41(38)7-3)23-33(30)40-34(36)21-26-14-11-15-27(24(26)4)22-35-37(6-2)31-20-28(16-19-32(31)39-35)25-12-9-8-10-13-25;1-4-5-8-23(11-17-30-34(2)26-21-24(13-15-28(26)40-30)42(36)32-9-6-19-38-32)12-18-31-35(3)27-22-25(14-16-29(27)41-31)43(37)33-10-7-20-39-33;1-7-32-25-12-11-24(37(34)9-3)18-28(25)36-29(32)16-22-15-23(20-31(5,6)19-22)17-30-33(8-2)26-14-21(4)10-13-27(26)35-30/h8-10,12-13,16-23H,5-7,11,14-15H2,1-4H3;6-7,9-22H,4-5,8H2,1-3H3;10-18H,7-9,19-20H2,1-6H3/q3*+1. The molecule has 0 bridgehead atoms. The molecule has 0 saturated carbocycles. The first-order valence-electron chi connectivity index (χ1n) is 41.8. The maximum Gasteiger partial charge on any atom is 0.263 e. The van der Waals surface area contributed by atoms with Crippen LogP contribution in [-0.2, 0) is 63.3 Å². The molecule has 5 aliphatic rings. The lowest BCUT2D eigenvalue weighted by molar-refractivity contribution is -0.665. The Bertz CT molecular complexity index is 6300. The maximum absolute atomic E-state index is 13.0. The van der Waals surface area contributed by atoms with Gasteiger partial charge < -0.3 is 14.7 Å². The fraction of sp³-hybridized carbons (Fsp3) is 0.283. The molecule has 121 heavy (non-hydrogen) atoms. The number of aromatic nitrogens is 3. The molecular formula is C99H105N6O4S12+3. The van der Waals surface area contributed by atoms with Gasteiger partial charge in [0.15, 0.2) is 0 Å². The molecule has 7 aromatic carbocycles. The summed E-state index contributed by atoms with van der Waals surface area (Å²) >= 11 is 14.0. The van der Waals surface area contributed by atoms with Gasteiger partial charge in [-0.1, -0.05) is 183 Å². The van der Waals surface area contributed by atoms with E-state index in [1.165, 1.54) is 150 Å². The minimum absolute atomic E-state index is 0.204. The van der Waals surface area contributed by atoms with E-state index >= 15 is 0 Å². The van der Waals surface area contributed by atoms with Crippen molar-refractivity contribution in [3.63, 3.8) is 0 Å². The lowest BCUT2D eigenvalue weighted by Gasteiger charge is -2.31. The number of thiophene rings is 2. The number of fused-ring (bicyclic) bond motifs is 6. The van der Waals surface area contributed by atoms with Gasteiger partial charge >= 0.3 is 0 Å². The van der Waals surface area contributed by atoms with E-state index in [2.05, 4.69) is 275 Å². The average Bonchev–Trinajstić information content (AvgIpc) is 1.65. The molecule has 0 spiro atoms. The van der Waals surface area contributed by atoms with Gasteiger partial charge in [0, 0.05) is 97.4 Å². The highest BCUT2D eigenvalue weighted by Gasteiger charge is 2.33. The van der Waals surface area contributed by atoms with Gasteiger partial charge in [0.05, 0.1) is 88.7 Å². The van der Waals surface area contributed by atoms with Gasteiger partial charge in [-0.05, 0) is 262 Å². The number of rotatable bonds is 23. The van der Waals surface area contributed by atoms with Crippen LogP contribution in [0.1, 0.15) is 141 Å². The van der Waals surface area contributed by atoms with E-state index in [0.29, 0.717) is 11.5 Å². The Kier molecular flexibility index (Phi) is 28.9. The Balaban J connectivity index is 0.000000142. The first-order chi connectivity index (χ1) is 58.6. The molecule has 624 valence electrons. The third-order valence-electron chi connectivity index (χ3n) is 22.4. The lowest BCUT2D eigenvalue weighted by atomic mass is 9.75. The number of anilines is 3. The maximum atomic E-state index is 13.0. The quantitative estimate of drug-likeness (QED) is 0.0456. The predicted molar refractivity (Wildman–Crippen MR) is 526 cm³/mol. The Labute approximate surface area is 757 Å². The van der Waals surface area contributed by atoms with Crippen molar-refractivity contribution in [2.75, 3.05) is 46.3 Å². The molecule has 0 fully saturated rings. The summed E-state index contributed by atoms with van der Waals surface area (Å²) in [6, 6.07) is 56.9. The summed E-state index contributed by atoms with van der Waals surface area (Å²) in [6.07, 6.45) is 29.7. The molecular weight excluding hydrogens is 1720 g/mol. The summed E-state index contributed by atoms with van der Waals surface area (Å²) in [4.78, 5) is 14.5. The molecule has 4 unspecified atom stereocenters. The first-order valence-corrected chi connectivity index (χ1v) is 53.4. The third-order valence-corrected chi connectivity index (χ3v) is 37.0. The smallest absolute Gasteiger partial charge is 0.263 e. The fourth-order valence-electron chi connectivity index (χ4n) is 16.1. The van der Waals surface area contributed by atoms with Crippen LogP contribution in [0.15, 0.2) is 302 Å². The number of unbranched alkanes of at least 4 members (excludes halogenated alkanes) is 1. The van der Waals surface area contributed by atoms with Crippen LogP contribution in [0.2, 0.25) is 0 Å². The van der Waals surface area contributed by atoms with Crippen molar-refractivity contribution in [1.82, 2.24) is 0 Å². The van der Waals surface area contributed by atoms with E-state index in [-0.39, 0.29) is 5.41 Å². The van der Waals surface area contributed by atoms with Crippen molar-refractivity contribution >= 4 is 201 Å². The van der Waals surface area contributed by atoms with Gasteiger partial charge in [0.2, 0.25) is 16.6 Å². The number of thiazole rings is 3. The summed E-state index contributed by atoms with van der Waals surface area (Å²) < 4.78 is 63.2. The molecule has 0 radical (unpaired) electrons. The number of hydrogen-bond donors (Lipinski definition) is 0. The van der Waals surface area contributed by atoms with Crippen molar-refractivity contribution in [3.05, 3.63) is 280 Å². The van der Waals surface area contributed by atoms with Crippen molar-refractivity contribution in [3.8, 4) is 11.1 Å². The van der Waals surface area contributed by atoms with Gasteiger partial charge in [0.25, 0.3) is 15.0 Å². The van der Waals surface area contributed by atoms with E-state index in [1.54, 1.807) is 23.1 Å². The molecule has 8 heterocycles. The summed E-state index contributed by atoms with van der Waals surface area (Å²) in [6.45, 7) is 28.1. The van der Waals surface area contributed by atoms with Gasteiger partial charge in [-0.2, -0.15) is 13.7 Å². The van der Waals surface area contributed by atoms with Crippen molar-refractivity contribution in [1.29, 1.82) is 0 Å². The molecule has 2 aliphatic carbocycles. The van der Waals surface area contributed by atoms with E-state index in [9.17, 15) is 16.8 Å². The highest BCUT2D eigenvalue weighted by Crippen LogP contribution is 2.52. The van der Waals surface area contributed by atoms with Crippen molar-refractivity contribution in [2.45, 2.75) is 183 Å².